The van der Waals surface area contributed by atoms with Crippen molar-refractivity contribution in [1.29, 1.82) is 0 Å². The molecule has 0 atom stereocenters. The molecule has 0 saturated carbocycles. The molecule has 0 saturated heterocycles. The van der Waals surface area contributed by atoms with Crippen molar-refractivity contribution in [2.75, 3.05) is 13.2 Å². The fraction of sp³-hybridized carbons (Fsp3) is 0.500. The summed E-state index contributed by atoms with van der Waals surface area (Å²) in [5.41, 5.74) is 0.707. The van der Waals surface area contributed by atoms with Gasteiger partial charge in [0.25, 0.3) is 0 Å². The molecule has 4 nitrogen and oxygen atoms in total. The molecule has 0 aliphatic rings. The molecular formula is C16H23NO3. The molecule has 1 amide bonds. The molecule has 0 heterocycles. The largest absolute Gasteiger partial charge is 0.377 e. The Morgan fingerprint density at radius 1 is 1.15 bits per heavy atom. The van der Waals surface area contributed by atoms with Gasteiger partial charge in [0.1, 0.15) is 0 Å². The van der Waals surface area contributed by atoms with Crippen molar-refractivity contribution in [1.82, 2.24) is 5.32 Å². The van der Waals surface area contributed by atoms with Crippen LogP contribution in [0.1, 0.15) is 43.5 Å². The minimum absolute atomic E-state index is 0.0294. The van der Waals surface area contributed by atoms with Crippen LogP contribution in [0.4, 0.5) is 0 Å². The number of carbonyl (C=O) groups excluding carboxylic acids is 2. The summed E-state index contributed by atoms with van der Waals surface area (Å²) >= 11 is 0. The highest BCUT2D eigenvalue weighted by Crippen LogP contribution is 2.06. The molecular weight excluding hydrogens is 254 g/mol. The predicted molar refractivity (Wildman–Crippen MR) is 78.7 cm³/mol. The smallest absolute Gasteiger partial charge is 0.220 e. The lowest BCUT2D eigenvalue weighted by Gasteiger charge is -2.08. The molecule has 1 rings (SSSR count). The Morgan fingerprint density at radius 3 is 2.50 bits per heavy atom. The maximum atomic E-state index is 11.8. The van der Waals surface area contributed by atoms with E-state index in [1.807, 2.05) is 32.0 Å². The van der Waals surface area contributed by atoms with E-state index in [1.165, 1.54) is 0 Å². The molecule has 110 valence electrons. The second-order valence-electron chi connectivity index (χ2n) is 4.91. The SMILES string of the molecule is CC(C)OCCNC(=O)CCCC(=O)c1ccccc1. The third kappa shape index (κ3) is 7.04. The standard InChI is InChI=1S/C16H23NO3/c1-13(2)20-12-11-17-16(19)10-6-9-15(18)14-7-4-3-5-8-14/h3-5,7-8,13H,6,9-12H2,1-2H3,(H,17,19). The van der Waals surface area contributed by atoms with Crippen LogP contribution in [0.3, 0.4) is 0 Å². The number of ketones is 1. The van der Waals surface area contributed by atoms with Gasteiger partial charge in [-0.05, 0) is 20.3 Å². The molecule has 0 fully saturated rings. The number of benzene rings is 1. The number of hydrogen-bond acceptors (Lipinski definition) is 3. The van der Waals surface area contributed by atoms with Gasteiger partial charge in [0.2, 0.25) is 5.91 Å². The molecule has 1 N–H and O–H groups in total. The van der Waals surface area contributed by atoms with E-state index in [0.29, 0.717) is 38.0 Å². The summed E-state index contributed by atoms with van der Waals surface area (Å²) in [4.78, 5) is 23.3. The molecule has 0 radical (unpaired) electrons. The lowest BCUT2D eigenvalue weighted by atomic mass is 10.1. The Bertz CT molecular complexity index is 415. The number of carbonyl (C=O) groups is 2. The lowest BCUT2D eigenvalue weighted by molar-refractivity contribution is -0.121. The van der Waals surface area contributed by atoms with Crippen LogP contribution in [0.15, 0.2) is 30.3 Å². The third-order valence-corrected chi connectivity index (χ3v) is 2.78. The van der Waals surface area contributed by atoms with E-state index < -0.39 is 0 Å². The zero-order valence-electron chi connectivity index (χ0n) is 12.2. The van der Waals surface area contributed by atoms with Crippen LogP contribution >= 0.6 is 0 Å². The van der Waals surface area contributed by atoms with Gasteiger partial charge in [-0.15, -0.1) is 0 Å². The van der Waals surface area contributed by atoms with E-state index in [9.17, 15) is 9.59 Å². The topological polar surface area (TPSA) is 55.4 Å². The highest BCUT2D eigenvalue weighted by molar-refractivity contribution is 5.96. The molecule has 0 spiro atoms. The van der Waals surface area contributed by atoms with Gasteiger partial charge in [-0.25, -0.2) is 0 Å². The minimum Gasteiger partial charge on any atom is -0.377 e. The average Bonchev–Trinajstić information content (AvgIpc) is 2.44. The van der Waals surface area contributed by atoms with Gasteiger partial charge < -0.3 is 10.1 Å². The van der Waals surface area contributed by atoms with Gasteiger partial charge in [0, 0.05) is 24.9 Å². The monoisotopic (exact) mass is 277 g/mol. The van der Waals surface area contributed by atoms with E-state index in [-0.39, 0.29) is 17.8 Å². The Balaban J connectivity index is 2.11. The molecule has 0 aliphatic carbocycles. The molecule has 0 aromatic heterocycles. The Labute approximate surface area is 120 Å². The lowest BCUT2D eigenvalue weighted by Crippen LogP contribution is -2.27. The first-order valence-corrected chi connectivity index (χ1v) is 7.06. The highest BCUT2D eigenvalue weighted by atomic mass is 16.5. The van der Waals surface area contributed by atoms with E-state index in [0.717, 1.165) is 0 Å². The molecule has 20 heavy (non-hydrogen) atoms. The summed E-state index contributed by atoms with van der Waals surface area (Å²) in [5.74, 6) is 0.0553. The van der Waals surface area contributed by atoms with Gasteiger partial charge in [-0.1, -0.05) is 30.3 Å². The van der Waals surface area contributed by atoms with Crippen LogP contribution in [0.25, 0.3) is 0 Å². The van der Waals surface area contributed by atoms with Crippen LogP contribution in [-0.2, 0) is 9.53 Å². The number of ether oxygens (including phenoxy) is 1. The van der Waals surface area contributed by atoms with Gasteiger partial charge in [0.05, 0.1) is 12.7 Å². The summed E-state index contributed by atoms with van der Waals surface area (Å²) < 4.78 is 5.32. The Kier molecular flexibility index (Phi) is 7.58. The Hall–Kier alpha value is -1.68. The van der Waals surface area contributed by atoms with Crippen molar-refractivity contribution < 1.29 is 14.3 Å². The van der Waals surface area contributed by atoms with E-state index in [2.05, 4.69) is 5.32 Å². The summed E-state index contributed by atoms with van der Waals surface area (Å²) in [6.07, 6.45) is 1.53. The molecule has 4 heteroatoms. The molecule has 1 aromatic rings. The first kappa shape index (κ1) is 16.4. The minimum atomic E-state index is -0.0294. The fourth-order valence-corrected chi connectivity index (χ4v) is 1.75. The zero-order valence-corrected chi connectivity index (χ0v) is 12.2. The van der Waals surface area contributed by atoms with Crippen LogP contribution in [0.5, 0.6) is 0 Å². The number of nitrogens with one attached hydrogen (secondary N) is 1. The third-order valence-electron chi connectivity index (χ3n) is 2.78. The maximum absolute atomic E-state index is 11.8. The van der Waals surface area contributed by atoms with Crippen LogP contribution in [0, 0.1) is 0 Å². The quantitative estimate of drug-likeness (QED) is 0.557. The van der Waals surface area contributed by atoms with E-state index in [4.69, 9.17) is 4.74 Å². The van der Waals surface area contributed by atoms with Gasteiger partial charge >= 0.3 is 0 Å². The normalized spacial score (nSPS) is 10.6. The van der Waals surface area contributed by atoms with Gasteiger partial charge in [-0.3, -0.25) is 9.59 Å². The molecule has 0 unspecified atom stereocenters. The highest BCUT2D eigenvalue weighted by Gasteiger charge is 2.07. The van der Waals surface area contributed by atoms with Crippen molar-refractivity contribution >= 4 is 11.7 Å². The van der Waals surface area contributed by atoms with Crippen molar-refractivity contribution in [2.24, 2.45) is 0 Å². The van der Waals surface area contributed by atoms with Crippen LogP contribution < -0.4 is 5.32 Å². The van der Waals surface area contributed by atoms with Crippen molar-refractivity contribution in [3.8, 4) is 0 Å². The van der Waals surface area contributed by atoms with E-state index >= 15 is 0 Å². The van der Waals surface area contributed by atoms with E-state index in [1.54, 1.807) is 12.1 Å². The van der Waals surface area contributed by atoms with Gasteiger partial charge in [-0.2, -0.15) is 0 Å². The van der Waals surface area contributed by atoms with Crippen molar-refractivity contribution in [3.63, 3.8) is 0 Å². The molecule has 1 aromatic carbocycles. The number of Topliss-reactive ketones (excluding diaryl/α,β-unsaturated/α-hetero) is 1. The van der Waals surface area contributed by atoms with Crippen molar-refractivity contribution in [2.45, 2.75) is 39.2 Å². The number of rotatable bonds is 9. The number of hydrogen-bond donors (Lipinski definition) is 1. The summed E-state index contributed by atoms with van der Waals surface area (Å²) in [7, 11) is 0. The van der Waals surface area contributed by atoms with Gasteiger partial charge in [0.15, 0.2) is 5.78 Å². The Morgan fingerprint density at radius 2 is 1.85 bits per heavy atom. The first-order valence-electron chi connectivity index (χ1n) is 7.06. The fourth-order valence-electron chi connectivity index (χ4n) is 1.75. The maximum Gasteiger partial charge on any atom is 0.220 e. The predicted octanol–water partition coefficient (Wildman–Crippen LogP) is 2.58. The average molecular weight is 277 g/mol. The van der Waals surface area contributed by atoms with Crippen LogP contribution in [0.2, 0.25) is 0 Å². The number of amides is 1. The summed E-state index contributed by atoms with van der Waals surface area (Å²) in [6.45, 7) is 4.95. The molecule has 0 aliphatic heterocycles. The first-order chi connectivity index (χ1) is 9.59. The van der Waals surface area contributed by atoms with Crippen LogP contribution in [-0.4, -0.2) is 30.9 Å². The van der Waals surface area contributed by atoms with Crippen molar-refractivity contribution in [3.05, 3.63) is 35.9 Å². The summed E-state index contributed by atoms with van der Waals surface area (Å²) in [5, 5.41) is 2.78. The molecule has 0 bridgehead atoms. The second kappa shape index (κ2) is 9.26. The second-order valence-corrected chi connectivity index (χ2v) is 4.91. The zero-order chi connectivity index (χ0) is 14.8. The summed E-state index contributed by atoms with van der Waals surface area (Å²) in [6, 6.07) is 9.16.